The molecule has 1 amide bonds. The third kappa shape index (κ3) is 3.97. The van der Waals surface area contributed by atoms with E-state index in [4.69, 9.17) is 16.3 Å². The van der Waals surface area contributed by atoms with Crippen molar-refractivity contribution < 1.29 is 14.3 Å². The molecule has 1 fully saturated rings. The van der Waals surface area contributed by atoms with Crippen LogP contribution in [0.4, 0.5) is 4.79 Å². The van der Waals surface area contributed by atoms with Crippen LogP contribution in [0.2, 0.25) is 5.15 Å². The number of amides is 1. The van der Waals surface area contributed by atoms with Gasteiger partial charge in [0.15, 0.2) is 0 Å². The van der Waals surface area contributed by atoms with E-state index >= 15 is 0 Å². The number of ether oxygens (including phenoxy) is 2. The highest BCUT2D eigenvalue weighted by Crippen LogP contribution is 2.19. The first kappa shape index (κ1) is 13.9. The number of alkyl carbamates (subject to hydrolysis) is 1. The summed E-state index contributed by atoms with van der Waals surface area (Å²) in [5, 5.41) is 6.13. The summed E-state index contributed by atoms with van der Waals surface area (Å²) < 4.78 is 10.1. The third-order valence-electron chi connectivity index (χ3n) is 2.87. The number of halogens is 1. The maximum Gasteiger partial charge on any atom is 0.407 e. The Bertz CT molecular complexity index is 452. The first-order valence-corrected chi connectivity index (χ1v) is 6.39. The molecular weight excluding hydrogens is 270 g/mol. The topological polar surface area (TPSA) is 72.5 Å². The summed E-state index contributed by atoms with van der Waals surface area (Å²) in [6, 6.07) is 2.18. The van der Waals surface area contributed by atoms with Gasteiger partial charge in [-0.2, -0.15) is 0 Å². The fourth-order valence-electron chi connectivity index (χ4n) is 1.60. The zero-order chi connectivity index (χ0) is 13.7. The molecule has 2 heterocycles. The van der Waals surface area contributed by atoms with Crippen LogP contribution in [0.5, 0.6) is 5.75 Å². The van der Waals surface area contributed by atoms with Gasteiger partial charge in [-0.05, 0) is 19.0 Å². The van der Waals surface area contributed by atoms with E-state index in [0.717, 1.165) is 13.0 Å². The number of nitrogens with one attached hydrogen (secondary N) is 2. The van der Waals surface area contributed by atoms with Crippen LogP contribution in [0.3, 0.4) is 0 Å². The van der Waals surface area contributed by atoms with Crippen LogP contribution in [0.25, 0.3) is 0 Å². The molecular formula is C12H16ClN3O3. The summed E-state index contributed by atoms with van der Waals surface area (Å²) in [4.78, 5) is 15.0. The lowest BCUT2D eigenvalue weighted by Crippen LogP contribution is -2.46. The number of aromatic nitrogens is 1. The lowest BCUT2D eigenvalue weighted by atomic mass is 10.1. The number of rotatable bonds is 5. The van der Waals surface area contributed by atoms with Gasteiger partial charge in [0.05, 0.1) is 13.3 Å². The second-order valence-electron chi connectivity index (χ2n) is 4.22. The second-order valence-corrected chi connectivity index (χ2v) is 4.57. The SMILES string of the molecule is COC(=O)NCc1cc(OC[C@@H]2CCN2)cnc1Cl. The smallest absolute Gasteiger partial charge is 0.407 e. The van der Waals surface area contributed by atoms with Crippen molar-refractivity contribution in [2.45, 2.75) is 19.0 Å². The quantitative estimate of drug-likeness (QED) is 0.799. The van der Waals surface area contributed by atoms with Crippen molar-refractivity contribution in [2.75, 3.05) is 20.3 Å². The zero-order valence-corrected chi connectivity index (χ0v) is 11.4. The lowest BCUT2D eigenvalue weighted by molar-refractivity contribution is 0.170. The van der Waals surface area contributed by atoms with Crippen LogP contribution >= 0.6 is 11.6 Å². The molecule has 19 heavy (non-hydrogen) atoms. The molecule has 7 heteroatoms. The Morgan fingerprint density at radius 1 is 1.68 bits per heavy atom. The second kappa shape index (κ2) is 6.58. The van der Waals surface area contributed by atoms with Crippen LogP contribution in [0, 0.1) is 0 Å². The lowest BCUT2D eigenvalue weighted by Gasteiger charge is -2.27. The van der Waals surface area contributed by atoms with Gasteiger partial charge >= 0.3 is 6.09 Å². The van der Waals surface area contributed by atoms with Gasteiger partial charge in [0.1, 0.15) is 17.5 Å². The van der Waals surface area contributed by atoms with E-state index in [2.05, 4.69) is 20.4 Å². The molecule has 0 saturated carbocycles. The Balaban J connectivity index is 1.91. The van der Waals surface area contributed by atoms with E-state index in [1.54, 1.807) is 12.3 Å². The highest BCUT2D eigenvalue weighted by atomic mass is 35.5. The molecule has 1 aromatic heterocycles. The van der Waals surface area contributed by atoms with E-state index in [9.17, 15) is 4.79 Å². The van der Waals surface area contributed by atoms with Crippen molar-refractivity contribution in [3.05, 3.63) is 23.0 Å². The Kier molecular flexibility index (Phi) is 4.81. The van der Waals surface area contributed by atoms with E-state index < -0.39 is 6.09 Å². The first-order chi connectivity index (χ1) is 9.19. The highest BCUT2D eigenvalue weighted by Gasteiger charge is 2.17. The van der Waals surface area contributed by atoms with Crippen LogP contribution < -0.4 is 15.4 Å². The van der Waals surface area contributed by atoms with E-state index in [0.29, 0.717) is 29.1 Å². The molecule has 0 radical (unpaired) electrons. The van der Waals surface area contributed by atoms with E-state index in [1.807, 2.05) is 0 Å². The third-order valence-corrected chi connectivity index (χ3v) is 3.21. The molecule has 0 spiro atoms. The van der Waals surface area contributed by atoms with Gasteiger partial charge in [-0.25, -0.2) is 9.78 Å². The Hall–Kier alpha value is -1.53. The average molecular weight is 286 g/mol. The molecule has 2 N–H and O–H groups in total. The Labute approximate surface area is 116 Å². The monoisotopic (exact) mass is 285 g/mol. The summed E-state index contributed by atoms with van der Waals surface area (Å²) in [6.07, 6.45) is 2.18. The molecule has 0 aromatic carbocycles. The predicted molar refractivity (Wildman–Crippen MR) is 70.4 cm³/mol. The normalized spacial score (nSPS) is 17.5. The standard InChI is InChI=1S/C12H16ClN3O3/c1-18-12(17)16-5-8-4-10(6-15-11(8)13)19-7-9-2-3-14-9/h4,6,9,14H,2-3,5,7H2,1H3,(H,16,17)/t9-/m0/s1. The number of carbonyl (C=O) groups is 1. The summed E-state index contributed by atoms with van der Waals surface area (Å²) in [7, 11) is 1.31. The molecule has 1 saturated heterocycles. The Morgan fingerprint density at radius 3 is 3.11 bits per heavy atom. The molecule has 0 unspecified atom stereocenters. The van der Waals surface area contributed by atoms with E-state index in [-0.39, 0.29) is 6.54 Å². The number of nitrogens with zero attached hydrogens (tertiary/aromatic N) is 1. The fourth-order valence-corrected chi connectivity index (χ4v) is 1.77. The maximum atomic E-state index is 11.0. The van der Waals surface area contributed by atoms with Crippen molar-refractivity contribution in [1.82, 2.24) is 15.6 Å². The van der Waals surface area contributed by atoms with Crippen molar-refractivity contribution in [1.29, 1.82) is 0 Å². The molecule has 1 aliphatic rings. The van der Waals surface area contributed by atoms with Gasteiger partial charge in [0.25, 0.3) is 0 Å². The zero-order valence-electron chi connectivity index (χ0n) is 10.6. The van der Waals surface area contributed by atoms with E-state index in [1.165, 1.54) is 7.11 Å². The van der Waals surface area contributed by atoms with Gasteiger partial charge in [-0.1, -0.05) is 11.6 Å². The summed E-state index contributed by atoms with van der Waals surface area (Å²) >= 11 is 5.95. The van der Waals surface area contributed by atoms with Crippen LogP contribution in [0.1, 0.15) is 12.0 Å². The summed E-state index contributed by atoms with van der Waals surface area (Å²) in [6.45, 7) is 1.89. The minimum atomic E-state index is -0.513. The molecule has 0 aliphatic carbocycles. The number of methoxy groups -OCH3 is 1. The first-order valence-electron chi connectivity index (χ1n) is 6.01. The van der Waals surface area contributed by atoms with Crippen molar-refractivity contribution >= 4 is 17.7 Å². The number of pyridine rings is 1. The van der Waals surface area contributed by atoms with Gasteiger partial charge in [0, 0.05) is 18.2 Å². The molecule has 6 nitrogen and oxygen atoms in total. The molecule has 2 rings (SSSR count). The largest absolute Gasteiger partial charge is 0.490 e. The predicted octanol–water partition coefficient (Wildman–Crippen LogP) is 1.33. The molecule has 1 atom stereocenters. The van der Waals surface area contributed by atoms with Crippen LogP contribution in [0.15, 0.2) is 12.3 Å². The van der Waals surface area contributed by atoms with Crippen LogP contribution in [-0.4, -0.2) is 37.4 Å². The van der Waals surface area contributed by atoms with Gasteiger partial charge in [-0.15, -0.1) is 0 Å². The van der Waals surface area contributed by atoms with Crippen LogP contribution in [-0.2, 0) is 11.3 Å². The van der Waals surface area contributed by atoms with Crippen molar-refractivity contribution in [3.63, 3.8) is 0 Å². The Morgan fingerprint density at radius 2 is 2.47 bits per heavy atom. The van der Waals surface area contributed by atoms with Gasteiger partial charge in [0.2, 0.25) is 0 Å². The fraction of sp³-hybridized carbons (Fsp3) is 0.500. The number of hydrogen-bond acceptors (Lipinski definition) is 5. The van der Waals surface area contributed by atoms with Gasteiger partial charge < -0.3 is 20.1 Å². The molecule has 104 valence electrons. The molecule has 0 bridgehead atoms. The summed E-state index contributed by atoms with van der Waals surface area (Å²) in [5.41, 5.74) is 0.686. The van der Waals surface area contributed by atoms with Crippen molar-refractivity contribution in [2.24, 2.45) is 0 Å². The minimum Gasteiger partial charge on any atom is -0.490 e. The highest BCUT2D eigenvalue weighted by molar-refractivity contribution is 6.30. The van der Waals surface area contributed by atoms with Crippen molar-refractivity contribution in [3.8, 4) is 5.75 Å². The number of carbonyl (C=O) groups excluding carboxylic acids is 1. The van der Waals surface area contributed by atoms with Gasteiger partial charge in [-0.3, -0.25) is 0 Å². The molecule has 1 aliphatic heterocycles. The number of hydrogen-bond donors (Lipinski definition) is 2. The minimum absolute atomic E-state index is 0.247. The average Bonchev–Trinajstić information content (AvgIpc) is 2.36. The summed E-state index contributed by atoms with van der Waals surface area (Å²) in [5.74, 6) is 0.639. The molecule has 1 aromatic rings. The maximum absolute atomic E-state index is 11.0.